The van der Waals surface area contributed by atoms with Crippen LogP contribution in [-0.2, 0) is 9.53 Å². The lowest BCUT2D eigenvalue weighted by Crippen LogP contribution is -2.49. The van der Waals surface area contributed by atoms with Crippen molar-refractivity contribution in [2.24, 2.45) is 0 Å². The first-order valence-corrected chi connectivity index (χ1v) is 17.6. The second kappa shape index (κ2) is 13.4. The van der Waals surface area contributed by atoms with Gasteiger partial charge < -0.3 is 25.0 Å². The van der Waals surface area contributed by atoms with Crippen molar-refractivity contribution >= 4 is 49.1 Å². The highest BCUT2D eigenvalue weighted by Crippen LogP contribution is 2.44. The van der Waals surface area contributed by atoms with Crippen LogP contribution in [-0.4, -0.2) is 96.0 Å². The molecule has 0 radical (unpaired) electrons. The van der Waals surface area contributed by atoms with Crippen LogP contribution < -0.4 is 15.4 Å². The van der Waals surface area contributed by atoms with E-state index in [1.54, 1.807) is 18.1 Å². The number of carbonyl (C=O) groups is 1. The number of nitrogens with two attached hydrogens (primary N) is 1. The Morgan fingerprint density at radius 3 is 2.82 bits per heavy atom. The summed E-state index contributed by atoms with van der Waals surface area (Å²) in [5.74, 6) is -0.986. The van der Waals surface area contributed by atoms with Crippen LogP contribution in [0.4, 0.5) is 24.0 Å². The zero-order valence-corrected chi connectivity index (χ0v) is 28.7. The highest BCUT2D eigenvalue weighted by Gasteiger charge is 2.49. The number of halogens is 3. The molecule has 50 heavy (non-hydrogen) atoms. The molecule has 3 fully saturated rings. The Hall–Kier alpha value is -4.45. The van der Waals surface area contributed by atoms with E-state index in [4.69, 9.17) is 25.2 Å². The molecule has 3 saturated heterocycles. The van der Waals surface area contributed by atoms with E-state index in [0.717, 1.165) is 30.7 Å². The van der Waals surface area contributed by atoms with Crippen molar-refractivity contribution < 1.29 is 27.4 Å². The number of likely N-dealkylation sites (N-methyl/N-ethyl adjacent to an activating group) is 1. The summed E-state index contributed by atoms with van der Waals surface area (Å²) in [5, 5.41) is 10.7. The number of methoxy groups -OCH3 is 1. The molecule has 5 heterocycles. The molecule has 2 unspecified atom stereocenters. The van der Waals surface area contributed by atoms with Crippen LogP contribution >= 0.6 is 11.3 Å². The standard InChI is InChI=1S/C36H38F3N7O3S/c1-4-30(47)46-12-9-28(29(46)18-48-3)45(5-2)34-23-13-26(39)22(21-7-8-25(38)32-31(21)24(16-40)33(41)50-32)14-27(23)42-35(43-34)49-19-36-10-6-11-44(36)17-20(37)15-36/h4,7-8,13-14,20,28-29H,1,5-6,9-12,15,17-19,41H2,2-3H3/t20-,28?,29?,36+/m1/s1. The molecule has 3 aliphatic rings. The predicted octanol–water partition coefficient (Wildman–Crippen LogP) is 5.83. The van der Waals surface area contributed by atoms with Gasteiger partial charge >= 0.3 is 6.01 Å². The van der Waals surface area contributed by atoms with Gasteiger partial charge in [0.15, 0.2) is 0 Å². The summed E-state index contributed by atoms with van der Waals surface area (Å²) in [5.41, 5.74) is 6.47. The molecule has 3 aliphatic heterocycles. The minimum atomic E-state index is -0.939. The normalized spacial score (nSPS) is 23.4. The van der Waals surface area contributed by atoms with Crippen molar-refractivity contribution in [3.63, 3.8) is 0 Å². The van der Waals surface area contributed by atoms with Crippen LogP contribution in [0.5, 0.6) is 6.01 Å². The van der Waals surface area contributed by atoms with Gasteiger partial charge in [-0.05, 0) is 62.6 Å². The van der Waals surface area contributed by atoms with Crippen LogP contribution in [0.3, 0.4) is 0 Å². The average Bonchev–Trinajstić information content (AvgIpc) is 3.85. The Balaban J connectivity index is 1.38. The minimum absolute atomic E-state index is 0.0501. The van der Waals surface area contributed by atoms with Crippen molar-refractivity contribution in [2.75, 3.05) is 57.1 Å². The van der Waals surface area contributed by atoms with Gasteiger partial charge in [-0.25, -0.2) is 13.2 Å². The molecule has 1 amide bonds. The number of nitrogens with zero attached hydrogens (tertiary/aromatic N) is 6. The van der Waals surface area contributed by atoms with Crippen molar-refractivity contribution in [1.82, 2.24) is 19.8 Å². The van der Waals surface area contributed by atoms with Crippen LogP contribution in [0, 0.1) is 23.0 Å². The summed E-state index contributed by atoms with van der Waals surface area (Å²) in [4.78, 5) is 28.3. The molecule has 262 valence electrons. The van der Waals surface area contributed by atoms with E-state index >= 15 is 4.39 Å². The summed E-state index contributed by atoms with van der Waals surface area (Å²) < 4.78 is 58.0. The van der Waals surface area contributed by atoms with E-state index < -0.39 is 23.3 Å². The van der Waals surface area contributed by atoms with Crippen LogP contribution in [0.25, 0.3) is 32.1 Å². The molecular weight excluding hydrogens is 668 g/mol. The Kier molecular flexibility index (Phi) is 9.08. The first kappa shape index (κ1) is 34.0. The minimum Gasteiger partial charge on any atom is -0.461 e. The predicted molar refractivity (Wildman–Crippen MR) is 187 cm³/mol. The molecule has 0 saturated carbocycles. The fourth-order valence-corrected chi connectivity index (χ4v) is 9.23. The molecule has 2 N–H and O–H groups in total. The number of ether oxygens (including phenoxy) is 2. The SMILES string of the molecule is C=CC(=O)N1CCC(N(CC)c2nc(OC[C@@]34CCCN3C[C@H](F)C4)nc3cc(-c4ccc(F)c5sc(N)c(C#N)c45)c(F)cc23)C1COC. The number of nitriles is 1. The Labute approximate surface area is 291 Å². The van der Waals surface area contributed by atoms with Crippen molar-refractivity contribution in [1.29, 1.82) is 5.26 Å². The van der Waals surface area contributed by atoms with E-state index in [0.29, 0.717) is 54.8 Å². The third-order valence-electron chi connectivity index (χ3n) is 10.5. The second-order valence-corrected chi connectivity index (χ2v) is 14.2. The smallest absolute Gasteiger partial charge is 0.319 e. The molecule has 0 spiro atoms. The molecule has 7 rings (SSSR count). The van der Waals surface area contributed by atoms with Gasteiger partial charge in [-0.2, -0.15) is 15.2 Å². The number of fused-ring (bicyclic) bond motifs is 3. The number of hydrogen-bond acceptors (Lipinski definition) is 10. The van der Waals surface area contributed by atoms with Gasteiger partial charge in [0.25, 0.3) is 0 Å². The summed E-state index contributed by atoms with van der Waals surface area (Å²) in [6, 6.07) is 7.09. The van der Waals surface area contributed by atoms with E-state index in [9.17, 15) is 18.8 Å². The zero-order valence-electron chi connectivity index (χ0n) is 27.9. The highest BCUT2D eigenvalue weighted by atomic mass is 32.1. The third-order valence-corrected chi connectivity index (χ3v) is 11.5. The number of anilines is 2. The van der Waals surface area contributed by atoms with Gasteiger partial charge in [0, 0.05) is 49.5 Å². The number of likely N-dealkylation sites (tertiary alicyclic amines) is 1. The van der Waals surface area contributed by atoms with E-state index in [-0.39, 0.29) is 63.4 Å². The maximum atomic E-state index is 16.4. The van der Waals surface area contributed by atoms with Crippen molar-refractivity contribution in [2.45, 2.75) is 56.4 Å². The van der Waals surface area contributed by atoms with E-state index in [2.05, 4.69) is 11.5 Å². The number of carbonyl (C=O) groups excluding carboxylic acids is 1. The summed E-state index contributed by atoms with van der Waals surface area (Å²) in [6.07, 6.45) is 3.05. The molecule has 2 aromatic heterocycles. The van der Waals surface area contributed by atoms with Gasteiger partial charge in [0.2, 0.25) is 5.91 Å². The van der Waals surface area contributed by atoms with Gasteiger partial charge in [0.1, 0.15) is 41.3 Å². The first-order valence-electron chi connectivity index (χ1n) is 16.8. The van der Waals surface area contributed by atoms with Gasteiger partial charge in [-0.1, -0.05) is 12.6 Å². The van der Waals surface area contributed by atoms with Crippen molar-refractivity contribution in [3.05, 3.63) is 54.1 Å². The maximum absolute atomic E-state index is 16.4. The molecule has 14 heteroatoms. The number of aromatic nitrogens is 2. The fourth-order valence-electron chi connectivity index (χ4n) is 8.28. The number of benzene rings is 2. The molecule has 10 nitrogen and oxygen atoms in total. The summed E-state index contributed by atoms with van der Waals surface area (Å²) in [6.45, 7) is 8.16. The monoisotopic (exact) mass is 705 g/mol. The number of amides is 1. The lowest BCUT2D eigenvalue weighted by atomic mass is 9.95. The van der Waals surface area contributed by atoms with Crippen LogP contribution in [0.1, 0.15) is 38.2 Å². The second-order valence-electron chi connectivity index (χ2n) is 13.2. The first-order chi connectivity index (χ1) is 24.1. The lowest BCUT2D eigenvalue weighted by molar-refractivity contribution is -0.127. The molecule has 4 aromatic rings. The quantitative estimate of drug-likeness (QED) is 0.203. The number of thiophene rings is 1. The zero-order chi connectivity index (χ0) is 35.3. The molecule has 0 aliphatic carbocycles. The number of alkyl halides is 1. The Morgan fingerprint density at radius 1 is 1.26 bits per heavy atom. The molecule has 4 atom stereocenters. The molecule has 0 bridgehead atoms. The van der Waals surface area contributed by atoms with Gasteiger partial charge in [0.05, 0.1) is 40.0 Å². The van der Waals surface area contributed by atoms with Crippen LogP contribution in [0.15, 0.2) is 36.9 Å². The Bertz CT molecular complexity index is 2040. The number of nitrogen functional groups attached to an aromatic ring is 1. The third kappa shape index (κ3) is 5.61. The summed E-state index contributed by atoms with van der Waals surface area (Å²) in [7, 11) is 1.58. The fraction of sp³-hybridized carbons (Fsp3) is 0.444. The van der Waals surface area contributed by atoms with E-state index in [1.807, 2.05) is 17.9 Å². The average molecular weight is 706 g/mol. The topological polar surface area (TPSA) is 121 Å². The van der Waals surface area contributed by atoms with Crippen LogP contribution in [0.2, 0.25) is 0 Å². The largest absolute Gasteiger partial charge is 0.461 e. The maximum Gasteiger partial charge on any atom is 0.319 e. The highest BCUT2D eigenvalue weighted by molar-refractivity contribution is 7.23. The molecular formula is C36H38F3N7O3S. The molecule has 2 aromatic carbocycles. The summed E-state index contributed by atoms with van der Waals surface area (Å²) >= 11 is 0.938. The number of rotatable bonds is 10. The van der Waals surface area contributed by atoms with E-state index in [1.165, 1.54) is 24.3 Å². The van der Waals surface area contributed by atoms with Crippen molar-refractivity contribution in [3.8, 4) is 23.2 Å². The van der Waals surface area contributed by atoms with Gasteiger partial charge in [-0.15, -0.1) is 11.3 Å². The Morgan fingerprint density at radius 2 is 2.08 bits per heavy atom. The lowest BCUT2D eigenvalue weighted by Gasteiger charge is -2.36. The van der Waals surface area contributed by atoms with Gasteiger partial charge in [-0.3, -0.25) is 9.69 Å². The number of hydrogen-bond donors (Lipinski definition) is 1.